The van der Waals surface area contributed by atoms with Crippen LogP contribution in [-0.4, -0.2) is 98.9 Å². The molecule has 0 unspecified atom stereocenters. The fraction of sp³-hybridized carbons (Fsp3) is 0.576. The molecule has 2 aromatic carbocycles. The number of aliphatic hydroxyl groups excluding tert-OH is 1. The first-order valence-electron chi connectivity index (χ1n) is 16.2. The summed E-state index contributed by atoms with van der Waals surface area (Å²) >= 11 is 1.39. The van der Waals surface area contributed by atoms with Crippen molar-refractivity contribution in [1.29, 1.82) is 0 Å². The lowest BCUT2D eigenvalue weighted by molar-refractivity contribution is -0.180. The smallest absolute Gasteiger partial charge is 0.407 e. The summed E-state index contributed by atoms with van der Waals surface area (Å²) in [5.74, 6) is -0.191. The van der Waals surface area contributed by atoms with Gasteiger partial charge in [0.05, 0.1) is 46.4 Å². The van der Waals surface area contributed by atoms with Gasteiger partial charge in [-0.15, -0.1) is 0 Å². The second-order valence-corrected chi connectivity index (χ2v) is 15.9. The zero-order valence-electron chi connectivity index (χ0n) is 27.6. The molecule has 4 N–H and O–H groups in total. The molecule has 14 heteroatoms. The van der Waals surface area contributed by atoms with Gasteiger partial charge in [-0.2, -0.15) is 4.31 Å². The monoisotopic (exact) mass is 689 g/mol. The van der Waals surface area contributed by atoms with Crippen molar-refractivity contribution in [1.82, 2.24) is 19.9 Å². The molecule has 47 heavy (non-hydrogen) atoms. The Morgan fingerprint density at radius 2 is 1.89 bits per heavy atom. The molecule has 2 fully saturated rings. The SMILES string of the molecule is CN[C@H]1CO[C@@H]2OCC[C@H](OC(=O)N[C@@H](Cc3ccccc3)[C@H](O)CN(CC(C)C)S(=O)(=O)c3ccc4nc(NC(C)C)sc4c3)[C@@H]21. The first-order valence-corrected chi connectivity index (χ1v) is 18.5. The zero-order chi connectivity index (χ0) is 33.7. The Hall–Kier alpha value is -2.85. The highest BCUT2D eigenvalue weighted by Crippen LogP contribution is 2.33. The number of anilines is 1. The van der Waals surface area contributed by atoms with Gasteiger partial charge >= 0.3 is 6.09 Å². The Bertz CT molecular complexity index is 1580. The number of fused-ring (bicyclic) bond motifs is 2. The zero-order valence-corrected chi connectivity index (χ0v) is 29.2. The predicted octanol–water partition coefficient (Wildman–Crippen LogP) is 3.81. The summed E-state index contributed by atoms with van der Waals surface area (Å²) in [6.45, 7) is 8.69. The van der Waals surface area contributed by atoms with Gasteiger partial charge in [0.25, 0.3) is 0 Å². The third kappa shape index (κ3) is 8.79. The van der Waals surface area contributed by atoms with E-state index in [1.807, 2.05) is 65.1 Å². The summed E-state index contributed by atoms with van der Waals surface area (Å²) in [5, 5.41) is 21.7. The van der Waals surface area contributed by atoms with Crippen LogP contribution in [0, 0.1) is 11.8 Å². The van der Waals surface area contributed by atoms with E-state index in [0.29, 0.717) is 25.2 Å². The number of rotatable bonds is 14. The maximum Gasteiger partial charge on any atom is 0.407 e. The maximum atomic E-state index is 14.1. The number of carbonyl (C=O) groups is 1. The minimum absolute atomic E-state index is 0.0216. The van der Waals surface area contributed by atoms with Crippen molar-refractivity contribution in [3.05, 3.63) is 54.1 Å². The molecule has 0 spiro atoms. The van der Waals surface area contributed by atoms with Gasteiger partial charge in [-0.1, -0.05) is 55.5 Å². The topological polar surface area (TPSA) is 151 Å². The Kier molecular flexibility index (Phi) is 11.8. The number of likely N-dealkylation sites (N-methyl/N-ethyl adjacent to an activating group) is 1. The van der Waals surface area contributed by atoms with Crippen LogP contribution in [-0.2, 0) is 30.7 Å². The lowest BCUT2D eigenvalue weighted by Crippen LogP contribution is -2.53. The molecular formula is C33H47N5O7S2. The Morgan fingerprint density at radius 3 is 2.60 bits per heavy atom. The average molecular weight is 690 g/mol. The first-order chi connectivity index (χ1) is 22.4. The molecule has 3 heterocycles. The van der Waals surface area contributed by atoms with E-state index in [9.17, 15) is 18.3 Å². The van der Waals surface area contributed by atoms with E-state index in [2.05, 4.69) is 20.9 Å². The van der Waals surface area contributed by atoms with Crippen molar-refractivity contribution >= 4 is 42.8 Å². The highest BCUT2D eigenvalue weighted by Gasteiger charge is 2.47. The van der Waals surface area contributed by atoms with Gasteiger partial charge in [0.2, 0.25) is 10.0 Å². The van der Waals surface area contributed by atoms with Crippen LogP contribution >= 0.6 is 11.3 Å². The summed E-state index contributed by atoms with van der Waals surface area (Å²) in [4.78, 5) is 18.1. The molecule has 1 aromatic heterocycles. The summed E-state index contributed by atoms with van der Waals surface area (Å²) in [6, 6.07) is 13.7. The van der Waals surface area contributed by atoms with E-state index >= 15 is 0 Å². The van der Waals surface area contributed by atoms with Crippen molar-refractivity contribution < 1.29 is 32.5 Å². The molecular weight excluding hydrogens is 643 g/mol. The van der Waals surface area contributed by atoms with Crippen LogP contribution in [0.5, 0.6) is 0 Å². The van der Waals surface area contributed by atoms with Crippen LogP contribution in [0.15, 0.2) is 53.4 Å². The van der Waals surface area contributed by atoms with E-state index in [4.69, 9.17) is 14.2 Å². The molecule has 2 aliphatic heterocycles. The number of benzene rings is 2. The summed E-state index contributed by atoms with van der Waals surface area (Å²) in [7, 11) is -2.18. The highest BCUT2D eigenvalue weighted by atomic mass is 32.2. The molecule has 0 saturated carbocycles. The number of hydrogen-bond acceptors (Lipinski definition) is 11. The van der Waals surface area contributed by atoms with Crippen LogP contribution in [0.25, 0.3) is 10.2 Å². The number of nitrogens with one attached hydrogen (secondary N) is 3. The number of hydrogen-bond donors (Lipinski definition) is 4. The Balaban J connectivity index is 1.35. The Morgan fingerprint density at radius 1 is 1.13 bits per heavy atom. The number of carbonyl (C=O) groups excluding carboxylic acids is 1. The normalized spacial score (nSPS) is 22.8. The largest absolute Gasteiger partial charge is 0.446 e. The Labute approximate surface area is 281 Å². The van der Waals surface area contributed by atoms with Crippen LogP contribution in [0.4, 0.5) is 9.93 Å². The summed E-state index contributed by atoms with van der Waals surface area (Å²) in [6.07, 6.45) is -2.04. The van der Waals surface area contributed by atoms with E-state index in [-0.39, 0.29) is 48.3 Å². The van der Waals surface area contributed by atoms with Gasteiger partial charge in [0.1, 0.15) is 6.10 Å². The summed E-state index contributed by atoms with van der Waals surface area (Å²) in [5.41, 5.74) is 1.58. The summed E-state index contributed by atoms with van der Waals surface area (Å²) < 4.78 is 47.7. The fourth-order valence-electron chi connectivity index (χ4n) is 6.12. The van der Waals surface area contributed by atoms with Gasteiger partial charge in [-0.25, -0.2) is 18.2 Å². The number of alkyl carbamates (subject to hydrolysis) is 1. The molecule has 258 valence electrons. The van der Waals surface area contributed by atoms with Crippen molar-refractivity contribution in [3.63, 3.8) is 0 Å². The van der Waals surface area contributed by atoms with E-state index in [0.717, 1.165) is 15.4 Å². The first kappa shape index (κ1) is 35.5. The van der Waals surface area contributed by atoms with Gasteiger partial charge < -0.3 is 35.3 Å². The molecule has 2 saturated heterocycles. The highest BCUT2D eigenvalue weighted by molar-refractivity contribution is 7.89. The van der Waals surface area contributed by atoms with Crippen molar-refractivity contribution in [2.45, 2.75) is 82.1 Å². The van der Waals surface area contributed by atoms with Crippen LogP contribution < -0.4 is 16.0 Å². The van der Waals surface area contributed by atoms with Gasteiger partial charge in [-0.3, -0.25) is 0 Å². The van der Waals surface area contributed by atoms with Gasteiger partial charge in [0.15, 0.2) is 11.4 Å². The van der Waals surface area contributed by atoms with E-state index in [1.54, 1.807) is 18.2 Å². The third-order valence-electron chi connectivity index (χ3n) is 8.40. The fourth-order valence-corrected chi connectivity index (χ4v) is 8.90. The molecule has 0 radical (unpaired) electrons. The average Bonchev–Trinajstić information content (AvgIpc) is 3.63. The van der Waals surface area contributed by atoms with E-state index in [1.165, 1.54) is 15.6 Å². The van der Waals surface area contributed by atoms with Crippen LogP contribution in [0.2, 0.25) is 0 Å². The van der Waals surface area contributed by atoms with Gasteiger partial charge in [-0.05, 0) is 57.0 Å². The number of sulfonamides is 1. The number of amides is 1. The quantitative estimate of drug-likeness (QED) is 0.197. The molecule has 2 aliphatic rings. The second kappa shape index (κ2) is 15.6. The van der Waals surface area contributed by atoms with Crippen molar-refractivity contribution in [3.8, 4) is 0 Å². The minimum atomic E-state index is -4.02. The third-order valence-corrected chi connectivity index (χ3v) is 11.2. The lowest BCUT2D eigenvalue weighted by atomic mass is 9.91. The molecule has 12 nitrogen and oxygen atoms in total. The number of ether oxygens (including phenoxy) is 3. The molecule has 3 aromatic rings. The molecule has 6 atom stereocenters. The molecule has 0 aliphatic carbocycles. The van der Waals surface area contributed by atoms with E-state index < -0.39 is 40.7 Å². The lowest BCUT2D eigenvalue weighted by Gasteiger charge is -2.35. The number of thiazole rings is 1. The molecule has 5 rings (SSSR count). The standard InChI is InChI=1S/C33H47N5O7S2/c1-20(2)17-38(47(41,42)23-11-12-24-29(16-23)46-32(36-24)35-21(3)4)18-27(39)25(15-22-9-7-6-8-10-22)37-33(40)45-28-13-14-43-31-30(28)26(34-5)19-44-31/h6-12,16,20-21,25-28,30-31,34,39H,13-15,17-19H2,1-5H3,(H,35,36)(H,37,40)/t25-,26-,27+,28-,30-,31-/m0/s1. The van der Waals surface area contributed by atoms with Crippen molar-refractivity contribution in [2.75, 3.05) is 38.7 Å². The van der Waals surface area contributed by atoms with Crippen LogP contribution in [0.3, 0.4) is 0 Å². The van der Waals surface area contributed by atoms with Gasteiger partial charge in [0, 0.05) is 31.6 Å². The minimum Gasteiger partial charge on any atom is -0.446 e. The number of aliphatic hydroxyl groups is 1. The molecule has 0 bridgehead atoms. The van der Waals surface area contributed by atoms with Crippen molar-refractivity contribution in [2.24, 2.45) is 11.8 Å². The predicted molar refractivity (Wildman–Crippen MR) is 182 cm³/mol. The second-order valence-electron chi connectivity index (χ2n) is 12.9. The van der Waals surface area contributed by atoms with Crippen LogP contribution in [0.1, 0.15) is 39.7 Å². The number of aromatic nitrogens is 1. The maximum absolute atomic E-state index is 14.1. The number of nitrogens with zero attached hydrogens (tertiary/aromatic N) is 2. The molecule has 1 amide bonds.